The predicted octanol–water partition coefficient (Wildman–Crippen LogP) is 4.19. The highest BCUT2D eigenvalue weighted by Crippen LogP contribution is 2.28. The van der Waals surface area contributed by atoms with Crippen LogP contribution in [0.1, 0.15) is 37.8 Å². The number of benzene rings is 2. The fourth-order valence-corrected chi connectivity index (χ4v) is 4.14. The summed E-state index contributed by atoms with van der Waals surface area (Å²) in [4.78, 5) is 0.312. The van der Waals surface area contributed by atoms with Gasteiger partial charge in [-0.3, -0.25) is 4.72 Å². The Bertz CT molecular complexity index is 814. The molecule has 2 N–H and O–H groups in total. The number of fused-ring (bicyclic) bond motifs is 1. The highest BCUT2D eigenvalue weighted by atomic mass is 32.2. The molecule has 0 unspecified atom stereocenters. The summed E-state index contributed by atoms with van der Waals surface area (Å²) in [5.74, 6) is 0. The van der Waals surface area contributed by atoms with Crippen LogP contribution < -0.4 is 10.0 Å². The third-order valence-corrected chi connectivity index (χ3v) is 5.72. The molecule has 0 bridgehead atoms. The van der Waals surface area contributed by atoms with Gasteiger partial charge in [-0.2, -0.15) is 0 Å². The van der Waals surface area contributed by atoms with Gasteiger partial charge in [0.2, 0.25) is 0 Å². The fraction of sp³-hybridized carbons (Fsp3) is 0.368. The van der Waals surface area contributed by atoms with Crippen molar-refractivity contribution >= 4 is 21.4 Å². The van der Waals surface area contributed by atoms with Gasteiger partial charge in [0, 0.05) is 17.4 Å². The molecule has 1 aliphatic rings. The topological polar surface area (TPSA) is 58.2 Å². The maximum atomic E-state index is 12.6. The number of nitrogens with one attached hydrogen (secondary N) is 2. The predicted molar refractivity (Wildman–Crippen MR) is 99.1 cm³/mol. The van der Waals surface area contributed by atoms with E-state index in [2.05, 4.69) is 23.9 Å². The summed E-state index contributed by atoms with van der Waals surface area (Å²) in [7, 11) is -3.56. The lowest BCUT2D eigenvalue weighted by Crippen LogP contribution is -2.13. The molecule has 0 saturated carbocycles. The van der Waals surface area contributed by atoms with Crippen LogP contribution in [0.25, 0.3) is 0 Å². The van der Waals surface area contributed by atoms with Gasteiger partial charge in [-0.1, -0.05) is 25.5 Å². The molecule has 5 heteroatoms. The largest absolute Gasteiger partial charge is 0.382 e. The van der Waals surface area contributed by atoms with Crippen LogP contribution in [-0.2, 0) is 22.9 Å². The van der Waals surface area contributed by atoms with E-state index in [0.717, 1.165) is 36.9 Å². The highest BCUT2D eigenvalue weighted by Gasteiger charge is 2.21. The number of anilines is 2. The second-order valence-corrected chi connectivity index (χ2v) is 8.16. The van der Waals surface area contributed by atoms with Gasteiger partial charge in [0.15, 0.2) is 0 Å². The Hall–Kier alpha value is -2.01. The lowest BCUT2D eigenvalue weighted by Gasteiger charge is -2.10. The average Bonchev–Trinajstić information content (AvgIpc) is 2.93. The van der Waals surface area contributed by atoms with E-state index in [0.29, 0.717) is 16.6 Å². The first-order chi connectivity index (χ1) is 11.5. The van der Waals surface area contributed by atoms with Gasteiger partial charge in [-0.15, -0.1) is 0 Å². The van der Waals surface area contributed by atoms with Crippen molar-refractivity contribution in [1.29, 1.82) is 0 Å². The highest BCUT2D eigenvalue weighted by molar-refractivity contribution is 7.92. The van der Waals surface area contributed by atoms with Gasteiger partial charge >= 0.3 is 0 Å². The Morgan fingerprint density at radius 1 is 1.17 bits per heavy atom. The second-order valence-electron chi connectivity index (χ2n) is 6.47. The smallest absolute Gasteiger partial charge is 0.261 e. The molecule has 128 valence electrons. The van der Waals surface area contributed by atoms with E-state index in [9.17, 15) is 8.42 Å². The Labute approximate surface area is 144 Å². The average molecular weight is 344 g/mol. The zero-order valence-electron chi connectivity index (χ0n) is 14.2. The van der Waals surface area contributed by atoms with Gasteiger partial charge in [-0.25, -0.2) is 8.42 Å². The third kappa shape index (κ3) is 3.73. The zero-order chi connectivity index (χ0) is 17.2. The van der Waals surface area contributed by atoms with Crippen molar-refractivity contribution in [1.82, 2.24) is 0 Å². The molecule has 0 radical (unpaired) electrons. The van der Waals surface area contributed by atoms with Crippen LogP contribution in [0.5, 0.6) is 0 Å². The normalized spacial score (nSPS) is 16.5. The standard InChI is InChI=1S/C19H24N2O2S/c1-3-4-5-15-6-8-17(9-7-15)21-24(22,23)18-10-11-19-16(13-18)12-14(2)20-19/h6-11,13-14,20-21H,3-5,12H2,1-2H3/t14-/m1/s1. The van der Waals surface area contributed by atoms with Crippen LogP contribution in [0.15, 0.2) is 47.4 Å². The summed E-state index contributed by atoms with van der Waals surface area (Å²) in [6, 6.07) is 13.3. The van der Waals surface area contributed by atoms with Crippen LogP contribution in [0.3, 0.4) is 0 Å². The van der Waals surface area contributed by atoms with E-state index in [1.165, 1.54) is 5.56 Å². The van der Waals surface area contributed by atoms with Gasteiger partial charge in [0.1, 0.15) is 0 Å². The van der Waals surface area contributed by atoms with Crippen LogP contribution >= 0.6 is 0 Å². The molecule has 24 heavy (non-hydrogen) atoms. The minimum atomic E-state index is -3.56. The van der Waals surface area contributed by atoms with Crippen molar-refractivity contribution in [3.8, 4) is 0 Å². The van der Waals surface area contributed by atoms with Crippen molar-refractivity contribution in [3.05, 3.63) is 53.6 Å². The Morgan fingerprint density at radius 3 is 2.62 bits per heavy atom. The summed E-state index contributed by atoms with van der Waals surface area (Å²) in [6.45, 7) is 4.25. The number of hydrogen-bond donors (Lipinski definition) is 2. The molecule has 1 atom stereocenters. The molecule has 4 nitrogen and oxygen atoms in total. The van der Waals surface area contributed by atoms with E-state index in [4.69, 9.17) is 0 Å². The minimum Gasteiger partial charge on any atom is -0.382 e. The molecule has 0 fully saturated rings. The summed E-state index contributed by atoms with van der Waals surface area (Å²) in [5, 5.41) is 3.33. The first-order valence-corrected chi connectivity index (χ1v) is 9.97. The van der Waals surface area contributed by atoms with E-state index in [1.807, 2.05) is 30.3 Å². The molecular weight excluding hydrogens is 320 g/mol. The van der Waals surface area contributed by atoms with E-state index in [1.54, 1.807) is 12.1 Å². The first-order valence-electron chi connectivity index (χ1n) is 8.49. The first kappa shape index (κ1) is 16.8. The van der Waals surface area contributed by atoms with E-state index < -0.39 is 10.0 Å². The Morgan fingerprint density at radius 2 is 1.92 bits per heavy atom. The summed E-state index contributed by atoms with van der Waals surface area (Å²) in [5.41, 5.74) is 3.92. The minimum absolute atomic E-state index is 0.312. The molecule has 0 aliphatic carbocycles. The summed E-state index contributed by atoms with van der Waals surface area (Å²) < 4.78 is 27.9. The number of aryl methyl sites for hydroxylation is 1. The molecule has 0 saturated heterocycles. The molecule has 3 rings (SSSR count). The molecule has 1 aliphatic heterocycles. The van der Waals surface area contributed by atoms with Gasteiger partial charge < -0.3 is 5.32 Å². The van der Waals surface area contributed by atoms with E-state index in [-0.39, 0.29) is 0 Å². The number of hydrogen-bond acceptors (Lipinski definition) is 3. The lowest BCUT2D eigenvalue weighted by atomic mass is 10.1. The lowest BCUT2D eigenvalue weighted by molar-refractivity contribution is 0.601. The fourth-order valence-electron chi connectivity index (χ4n) is 3.03. The quantitative estimate of drug-likeness (QED) is 0.826. The van der Waals surface area contributed by atoms with Crippen LogP contribution in [0, 0.1) is 0 Å². The van der Waals surface area contributed by atoms with Crippen molar-refractivity contribution in [2.75, 3.05) is 10.0 Å². The number of rotatable bonds is 6. The van der Waals surface area contributed by atoms with Crippen molar-refractivity contribution in [3.63, 3.8) is 0 Å². The third-order valence-electron chi connectivity index (χ3n) is 4.34. The maximum Gasteiger partial charge on any atom is 0.261 e. The molecule has 1 heterocycles. The SMILES string of the molecule is CCCCc1ccc(NS(=O)(=O)c2ccc3c(c2)C[C@@H](C)N3)cc1. The zero-order valence-corrected chi connectivity index (χ0v) is 15.0. The van der Waals surface area contributed by atoms with Gasteiger partial charge in [0.25, 0.3) is 10.0 Å². The summed E-state index contributed by atoms with van der Waals surface area (Å²) in [6.07, 6.45) is 4.18. The summed E-state index contributed by atoms with van der Waals surface area (Å²) >= 11 is 0. The Kier molecular flexibility index (Phi) is 4.81. The Balaban J connectivity index is 1.75. The van der Waals surface area contributed by atoms with E-state index >= 15 is 0 Å². The molecule has 0 spiro atoms. The second kappa shape index (κ2) is 6.85. The molecule has 2 aromatic carbocycles. The number of sulfonamides is 1. The van der Waals surface area contributed by atoms with Gasteiger partial charge in [0.05, 0.1) is 4.90 Å². The van der Waals surface area contributed by atoms with Gasteiger partial charge in [-0.05, 0) is 67.6 Å². The monoisotopic (exact) mass is 344 g/mol. The van der Waals surface area contributed by atoms with Crippen LogP contribution in [0.2, 0.25) is 0 Å². The number of unbranched alkanes of at least 4 members (excludes halogenated alkanes) is 1. The van der Waals surface area contributed by atoms with Crippen molar-refractivity contribution in [2.24, 2.45) is 0 Å². The maximum absolute atomic E-state index is 12.6. The van der Waals surface area contributed by atoms with Crippen LogP contribution in [-0.4, -0.2) is 14.5 Å². The molecule has 0 amide bonds. The van der Waals surface area contributed by atoms with Crippen LogP contribution in [0.4, 0.5) is 11.4 Å². The molecular formula is C19H24N2O2S. The van der Waals surface area contributed by atoms with Crippen molar-refractivity contribution in [2.45, 2.75) is 50.5 Å². The molecule has 2 aromatic rings. The molecule has 0 aromatic heterocycles. The van der Waals surface area contributed by atoms with Crippen molar-refractivity contribution < 1.29 is 8.42 Å².